The Morgan fingerprint density at radius 2 is 1.12 bits per heavy atom. The van der Waals surface area contributed by atoms with E-state index in [1.165, 1.54) is 0 Å². The van der Waals surface area contributed by atoms with Gasteiger partial charge in [-0.25, -0.2) is 0 Å². The summed E-state index contributed by atoms with van der Waals surface area (Å²) < 4.78 is 0. The predicted octanol–water partition coefficient (Wildman–Crippen LogP) is 0.467. The standard InChI is InChI=1S/C11H20O6/c12-7-3-1-5-11(9(14)15,10(16)17)6-2-4-8-13/h12-13H,1-8H2,(H,14,15)(H,16,17). The monoisotopic (exact) mass is 248 g/mol. The summed E-state index contributed by atoms with van der Waals surface area (Å²) in [5.74, 6) is -2.69. The zero-order valence-electron chi connectivity index (χ0n) is 9.76. The van der Waals surface area contributed by atoms with Crippen LogP contribution < -0.4 is 0 Å². The number of aliphatic hydroxyl groups excluding tert-OH is 2. The molecule has 0 aromatic heterocycles. The first kappa shape index (κ1) is 15.9. The Balaban J connectivity index is 4.62. The number of rotatable bonds is 10. The van der Waals surface area contributed by atoms with Gasteiger partial charge in [0, 0.05) is 13.2 Å². The average Bonchev–Trinajstić information content (AvgIpc) is 2.26. The number of hydrogen-bond acceptors (Lipinski definition) is 4. The van der Waals surface area contributed by atoms with Crippen molar-refractivity contribution in [1.29, 1.82) is 0 Å². The first-order valence-corrected chi connectivity index (χ1v) is 5.70. The van der Waals surface area contributed by atoms with Crippen molar-refractivity contribution in [2.45, 2.75) is 38.5 Å². The van der Waals surface area contributed by atoms with Crippen LogP contribution in [0, 0.1) is 5.41 Å². The van der Waals surface area contributed by atoms with Crippen LogP contribution in [-0.4, -0.2) is 45.6 Å². The molecule has 0 rings (SSSR count). The van der Waals surface area contributed by atoms with Crippen LogP contribution in [0.3, 0.4) is 0 Å². The largest absolute Gasteiger partial charge is 0.480 e. The normalized spacial score (nSPS) is 11.4. The summed E-state index contributed by atoms with van der Waals surface area (Å²) in [6.45, 7) is -0.155. The van der Waals surface area contributed by atoms with Gasteiger partial charge in [0.05, 0.1) is 0 Å². The Kier molecular flexibility index (Phi) is 7.49. The molecule has 0 fully saturated rings. The molecule has 0 heterocycles. The number of carbonyl (C=O) groups is 2. The predicted molar refractivity (Wildman–Crippen MR) is 59.6 cm³/mol. The number of carboxylic acid groups (broad SMARTS) is 2. The van der Waals surface area contributed by atoms with Crippen LogP contribution in [0.1, 0.15) is 38.5 Å². The van der Waals surface area contributed by atoms with E-state index in [1.807, 2.05) is 0 Å². The van der Waals surface area contributed by atoms with Crippen LogP contribution in [0.15, 0.2) is 0 Å². The zero-order valence-corrected chi connectivity index (χ0v) is 9.76. The van der Waals surface area contributed by atoms with E-state index in [0.29, 0.717) is 25.7 Å². The Labute approximate surface area is 99.9 Å². The molecule has 0 radical (unpaired) electrons. The Morgan fingerprint density at radius 3 is 1.35 bits per heavy atom. The van der Waals surface area contributed by atoms with Crippen LogP contribution in [-0.2, 0) is 9.59 Å². The van der Waals surface area contributed by atoms with Gasteiger partial charge in [-0.15, -0.1) is 0 Å². The smallest absolute Gasteiger partial charge is 0.321 e. The topological polar surface area (TPSA) is 115 Å². The lowest BCUT2D eigenvalue weighted by molar-refractivity contribution is -0.166. The van der Waals surface area contributed by atoms with Gasteiger partial charge in [0.15, 0.2) is 5.41 Å². The summed E-state index contributed by atoms with van der Waals surface area (Å²) in [5.41, 5.74) is -1.79. The highest BCUT2D eigenvalue weighted by molar-refractivity contribution is 5.98. The molecule has 0 unspecified atom stereocenters. The third kappa shape index (κ3) is 4.70. The van der Waals surface area contributed by atoms with Crippen LogP contribution in [0.25, 0.3) is 0 Å². The lowest BCUT2D eigenvalue weighted by atomic mass is 9.78. The molecule has 0 saturated carbocycles. The van der Waals surface area contributed by atoms with Crippen LogP contribution >= 0.6 is 0 Å². The molecule has 100 valence electrons. The third-order valence-electron chi connectivity index (χ3n) is 2.84. The molecule has 0 spiro atoms. The molecule has 0 aliphatic rings. The van der Waals surface area contributed by atoms with Gasteiger partial charge < -0.3 is 20.4 Å². The first-order chi connectivity index (χ1) is 8.01. The van der Waals surface area contributed by atoms with E-state index in [9.17, 15) is 9.59 Å². The fraction of sp³-hybridized carbons (Fsp3) is 0.818. The first-order valence-electron chi connectivity index (χ1n) is 5.70. The van der Waals surface area contributed by atoms with E-state index in [1.54, 1.807) is 0 Å². The van der Waals surface area contributed by atoms with Crippen molar-refractivity contribution >= 4 is 11.9 Å². The molecule has 6 heteroatoms. The maximum atomic E-state index is 11.1. The van der Waals surface area contributed by atoms with Crippen molar-refractivity contribution in [2.24, 2.45) is 5.41 Å². The van der Waals surface area contributed by atoms with E-state index >= 15 is 0 Å². The number of hydrogen-bond donors (Lipinski definition) is 4. The van der Waals surface area contributed by atoms with E-state index < -0.39 is 17.4 Å². The maximum Gasteiger partial charge on any atom is 0.321 e. The maximum absolute atomic E-state index is 11.1. The minimum absolute atomic E-state index is 0.00363. The van der Waals surface area contributed by atoms with Crippen molar-refractivity contribution in [3.63, 3.8) is 0 Å². The highest BCUT2D eigenvalue weighted by Gasteiger charge is 2.45. The van der Waals surface area contributed by atoms with Gasteiger partial charge in [-0.3, -0.25) is 9.59 Å². The average molecular weight is 248 g/mol. The van der Waals surface area contributed by atoms with Crippen molar-refractivity contribution in [2.75, 3.05) is 13.2 Å². The second-order valence-corrected chi connectivity index (χ2v) is 4.05. The zero-order chi connectivity index (χ0) is 13.3. The van der Waals surface area contributed by atoms with Gasteiger partial charge in [-0.2, -0.15) is 0 Å². The Bertz CT molecular complexity index is 224. The van der Waals surface area contributed by atoms with Gasteiger partial charge in [0.1, 0.15) is 0 Å². The SMILES string of the molecule is O=C(O)C(CCCCO)(CCCCO)C(=O)O. The highest BCUT2D eigenvalue weighted by Crippen LogP contribution is 2.32. The lowest BCUT2D eigenvalue weighted by Crippen LogP contribution is -2.39. The van der Waals surface area contributed by atoms with Crippen LogP contribution in [0.5, 0.6) is 0 Å². The summed E-state index contributed by atoms with van der Waals surface area (Å²) in [4.78, 5) is 22.3. The fourth-order valence-corrected chi connectivity index (χ4v) is 1.72. The molecular weight excluding hydrogens is 228 g/mol. The summed E-state index contributed by atoms with van der Waals surface area (Å²) in [5, 5.41) is 35.4. The number of aliphatic hydroxyl groups is 2. The molecule has 0 bridgehead atoms. The summed E-state index contributed by atoms with van der Waals surface area (Å²) in [6, 6.07) is 0. The molecule has 4 N–H and O–H groups in total. The quantitative estimate of drug-likeness (QED) is 0.330. The van der Waals surface area contributed by atoms with Gasteiger partial charge in [-0.1, -0.05) is 0 Å². The molecule has 0 saturated heterocycles. The van der Waals surface area contributed by atoms with Gasteiger partial charge in [-0.05, 0) is 38.5 Å². The van der Waals surface area contributed by atoms with Crippen molar-refractivity contribution in [3.8, 4) is 0 Å². The number of carboxylic acids is 2. The van der Waals surface area contributed by atoms with Crippen molar-refractivity contribution in [1.82, 2.24) is 0 Å². The van der Waals surface area contributed by atoms with Gasteiger partial charge in [0.25, 0.3) is 0 Å². The van der Waals surface area contributed by atoms with E-state index in [4.69, 9.17) is 20.4 Å². The van der Waals surface area contributed by atoms with Crippen LogP contribution in [0.4, 0.5) is 0 Å². The lowest BCUT2D eigenvalue weighted by Gasteiger charge is -2.24. The molecule has 0 aromatic carbocycles. The molecule has 0 aromatic rings. The second kappa shape index (κ2) is 8.03. The molecule has 17 heavy (non-hydrogen) atoms. The highest BCUT2D eigenvalue weighted by atomic mass is 16.4. The second-order valence-electron chi connectivity index (χ2n) is 4.05. The molecule has 0 amide bonds. The van der Waals surface area contributed by atoms with E-state index in [0.717, 1.165) is 0 Å². The Hall–Kier alpha value is -1.14. The van der Waals surface area contributed by atoms with Crippen molar-refractivity contribution < 1.29 is 30.0 Å². The third-order valence-corrected chi connectivity index (χ3v) is 2.84. The number of unbranched alkanes of at least 4 members (excludes halogenated alkanes) is 2. The fourth-order valence-electron chi connectivity index (χ4n) is 1.72. The van der Waals surface area contributed by atoms with E-state index in [-0.39, 0.29) is 26.1 Å². The summed E-state index contributed by atoms with van der Waals surface area (Å²) in [6.07, 6.45) is 1.50. The molecule has 0 aliphatic carbocycles. The molecule has 6 nitrogen and oxygen atoms in total. The van der Waals surface area contributed by atoms with Crippen molar-refractivity contribution in [3.05, 3.63) is 0 Å². The number of aliphatic carboxylic acids is 2. The molecule has 0 atom stereocenters. The molecular formula is C11H20O6. The minimum atomic E-state index is -1.79. The summed E-state index contributed by atoms with van der Waals surface area (Å²) in [7, 11) is 0. The molecule has 0 aliphatic heterocycles. The van der Waals surface area contributed by atoms with Gasteiger partial charge >= 0.3 is 11.9 Å². The van der Waals surface area contributed by atoms with Gasteiger partial charge in [0.2, 0.25) is 0 Å². The Morgan fingerprint density at radius 1 is 0.765 bits per heavy atom. The summed E-state index contributed by atoms with van der Waals surface area (Å²) >= 11 is 0. The minimum Gasteiger partial charge on any atom is -0.480 e. The van der Waals surface area contributed by atoms with E-state index in [2.05, 4.69) is 0 Å². The van der Waals surface area contributed by atoms with Crippen LogP contribution in [0.2, 0.25) is 0 Å².